The predicted molar refractivity (Wildman–Crippen MR) is 140 cm³/mol. The van der Waals surface area contributed by atoms with Crippen molar-refractivity contribution >= 4 is 32.7 Å². The van der Waals surface area contributed by atoms with E-state index < -0.39 is 21.8 Å². The number of anilines is 1. The number of hydrogen-bond donors (Lipinski definition) is 1. The summed E-state index contributed by atoms with van der Waals surface area (Å²) in [5.41, 5.74) is 3.45. The summed E-state index contributed by atoms with van der Waals surface area (Å²) in [5.74, 6) is -1.26. The summed E-state index contributed by atoms with van der Waals surface area (Å²) in [5, 5.41) is 8.70. The molecule has 1 aliphatic rings. The van der Waals surface area contributed by atoms with Crippen LogP contribution in [0.4, 0.5) is 10.2 Å². The van der Waals surface area contributed by atoms with E-state index in [4.69, 9.17) is 14.0 Å². The highest BCUT2D eigenvalue weighted by Gasteiger charge is 2.29. The molecule has 0 aliphatic carbocycles. The van der Waals surface area contributed by atoms with E-state index in [0.29, 0.717) is 29.7 Å². The summed E-state index contributed by atoms with van der Waals surface area (Å²) < 4.78 is 60.5. The molecule has 0 radical (unpaired) electrons. The Morgan fingerprint density at radius 3 is 2.62 bits per heavy atom. The Morgan fingerprint density at radius 2 is 1.92 bits per heavy atom. The zero-order valence-electron chi connectivity index (χ0n) is 21.5. The van der Waals surface area contributed by atoms with Gasteiger partial charge in [0.2, 0.25) is 0 Å². The maximum atomic E-state index is 13.3. The number of carbonyl (C=O) groups is 1. The van der Waals surface area contributed by atoms with Crippen LogP contribution in [0.15, 0.2) is 58.4 Å². The number of aryl methyl sites for hydroxylation is 1. The first-order valence-corrected chi connectivity index (χ1v) is 13.5. The molecule has 0 unspecified atom stereocenters. The van der Waals surface area contributed by atoms with Crippen LogP contribution in [0.3, 0.4) is 0 Å². The van der Waals surface area contributed by atoms with E-state index in [1.165, 1.54) is 19.1 Å². The van der Waals surface area contributed by atoms with Crippen molar-refractivity contribution in [3.05, 3.63) is 71.3 Å². The van der Waals surface area contributed by atoms with Crippen LogP contribution in [-0.2, 0) is 40.9 Å². The smallest absolute Gasteiger partial charge is 0.282 e. The van der Waals surface area contributed by atoms with Crippen LogP contribution in [0.1, 0.15) is 29.3 Å². The van der Waals surface area contributed by atoms with Crippen LogP contribution < -0.4 is 14.2 Å². The highest BCUT2D eigenvalue weighted by Crippen LogP contribution is 2.36. The van der Waals surface area contributed by atoms with Gasteiger partial charge in [-0.2, -0.15) is 5.10 Å². The maximum Gasteiger partial charge on any atom is 0.282 e. The first-order chi connectivity index (χ1) is 18.6. The van der Waals surface area contributed by atoms with E-state index in [1.807, 2.05) is 6.92 Å². The van der Waals surface area contributed by atoms with E-state index >= 15 is 0 Å². The molecule has 4 aromatic rings. The topological polar surface area (TPSA) is 129 Å². The summed E-state index contributed by atoms with van der Waals surface area (Å²) in [6.45, 7) is 5.75. The van der Waals surface area contributed by atoms with E-state index in [9.17, 15) is 17.6 Å². The Bertz CT molecular complexity index is 1710. The first kappa shape index (κ1) is 26.2. The molecule has 0 fully saturated rings. The number of nitrogens with one attached hydrogen (secondary N) is 1. The van der Waals surface area contributed by atoms with Crippen molar-refractivity contribution in [1.82, 2.24) is 19.8 Å². The van der Waals surface area contributed by atoms with Crippen LogP contribution >= 0.6 is 0 Å². The van der Waals surface area contributed by atoms with E-state index in [2.05, 4.69) is 21.6 Å². The quantitative estimate of drug-likeness (QED) is 0.309. The number of rotatable bonds is 9. The SMILES string of the molecule is C=C(F)C(=O)N1Cc2cnn(Cc3cc(OC)c4c(NS(=O)(=O)c5cc(CC)ccc5OC)noc4c3)c2C1. The van der Waals surface area contributed by atoms with Crippen molar-refractivity contribution in [3.63, 3.8) is 0 Å². The van der Waals surface area contributed by atoms with Crippen molar-refractivity contribution in [2.75, 3.05) is 18.9 Å². The zero-order valence-corrected chi connectivity index (χ0v) is 22.3. The summed E-state index contributed by atoms with van der Waals surface area (Å²) >= 11 is 0. The van der Waals surface area contributed by atoms with Gasteiger partial charge in [0.05, 0.1) is 39.2 Å². The van der Waals surface area contributed by atoms with Crippen LogP contribution in [0.2, 0.25) is 0 Å². The molecule has 204 valence electrons. The van der Waals surface area contributed by atoms with Gasteiger partial charge in [0.15, 0.2) is 17.2 Å². The van der Waals surface area contributed by atoms with Gasteiger partial charge in [-0.15, -0.1) is 0 Å². The van der Waals surface area contributed by atoms with Gasteiger partial charge < -0.3 is 18.9 Å². The molecule has 1 aliphatic heterocycles. The van der Waals surface area contributed by atoms with Crippen molar-refractivity contribution in [2.45, 2.75) is 37.9 Å². The zero-order chi connectivity index (χ0) is 27.9. The normalized spacial score (nSPS) is 13.0. The summed E-state index contributed by atoms with van der Waals surface area (Å²) in [6, 6.07) is 8.40. The van der Waals surface area contributed by atoms with Crippen molar-refractivity contribution < 1.29 is 31.6 Å². The molecule has 0 saturated carbocycles. The van der Waals surface area contributed by atoms with Gasteiger partial charge in [0.25, 0.3) is 15.9 Å². The van der Waals surface area contributed by atoms with Crippen molar-refractivity contribution in [3.8, 4) is 11.5 Å². The third kappa shape index (κ3) is 4.80. The van der Waals surface area contributed by atoms with E-state index in [0.717, 1.165) is 22.4 Å². The second-order valence-electron chi connectivity index (χ2n) is 8.99. The third-order valence-corrected chi connectivity index (χ3v) is 7.92. The van der Waals surface area contributed by atoms with Gasteiger partial charge in [-0.25, -0.2) is 12.8 Å². The van der Waals surface area contributed by atoms with Crippen molar-refractivity contribution in [1.29, 1.82) is 0 Å². The standard InChI is InChI=1S/C26H26FN5O6S/c1-5-16-6-7-20(36-3)23(10-16)39(34,35)30-25-24-21(37-4)8-17(9-22(24)38-29-25)12-32-19-14-31(26(33)15(2)27)13-18(19)11-28-32/h6-11H,2,5,12-14H2,1,3-4H3,(H,29,30). The van der Waals surface area contributed by atoms with Gasteiger partial charge in [-0.3, -0.25) is 14.2 Å². The molecule has 11 nitrogen and oxygen atoms in total. The molecule has 13 heteroatoms. The fourth-order valence-corrected chi connectivity index (χ4v) is 5.80. The van der Waals surface area contributed by atoms with Gasteiger partial charge in [0.1, 0.15) is 21.8 Å². The number of sulfonamides is 1. The molecular weight excluding hydrogens is 529 g/mol. The number of hydrogen-bond acceptors (Lipinski definition) is 8. The van der Waals surface area contributed by atoms with Crippen LogP contribution in [0.25, 0.3) is 11.0 Å². The van der Waals surface area contributed by atoms with Crippen LogP contribution in [0, 0.1) is 0 Å². The lowest BCUT2D eigenvalue weighted by molar-refractivity contribution is -0.129. The molecule has 39 heavy (non-hydrogen) atoms. The van der Waals surface area contributed by atoms with Crippen molar-refractivity contribution in [2.24, 2.45) is 0 Å². The summed E-state index contributed by atoms with van der Waals surface area (Å²) in [4.78, 5) is 13.3. The number of nitrogens with zero attached hydrogens (tertiary/aromatic N) is 4. The highest BCUT2D eigenvalue weighted by atomic mass is 32.2. The minimum atomic E-state index is -4.08. The molecule has 0 atom stereocenters. The molecular formula is C26H26FN5O6S. The van der Waals surface area contributed by atoms with E-state index in [-0.39, 0.29) is 29.6 Å². The average Bonchev–Trinajstić information content (AvgIpc) is 3.63. The molecule has 5 rings (SSSR count). The fourth-order valence-electron chi connectivity index (χ4n) is 4.58. The van der Waals surface area contributed by atoms with Gasteiger partial charge in [-0.1, -0.05) is 24.7 Å². The minimum Gasteiger partial charge on any atom is -0.496 e. The second kappa shape index (κ2) is 10.1. The largest absolute Gasteiger partial charge is 0.496 e. The molecule has 2 aromatic heterocycles. The van der Waals surface area contributed by atoms with Crippen LogP contribution in [-0.4, -0.2) is 48.4 Å². The number of fused-ring (bicyclic) bond motifs is 2. The van der Waals surface area contributed by atoms with Crippen LogP contribution in [0.5, 0.6) is 11.5 Å². The summed E-state index contributed by atoms with van der Waals surface area (Å²) in [7, 11) is -1.23. The Labute approximate surface area is 223 Å². The Balaban J connectivity index is 1.44. The molecule has 1 N–H and O–H groups in total. The monoisotopic (exact) mass is 555 g/mol. The number of aromatic nitrogens is 3. The molecule has 2 aromatic carbocycles. The average molecular weight is 556 g/mol. The lowest BCUT2D eigenvalue weighted by atomic mass is 10.1. The Morgan fingerprint density at radius 1 is 1.15 bits per heavy atom. The maximum absolute atomic E-state index is 13.3. The third-order valence-electron chi connectivity index (χ3n) is 6.56. The first-order valence-electron chi connectivity index (χ1n) is 12.0. The lowest BCUT2D eigenvalue weighted by Crippen LogP contribution is -2.26. The predicted octanol–water partition coefficient (Wildman–Crippen LogP) is 3.78. The second-order valence-corrected chi connectivity index (χ2v) is 10.6. The number of ether oxygens (including phenoxy) is 2. The van der Waals surface area contributed by atoms with Gasteiger partial charge in [-0.05, 0) is 41.8 Å². The highest BCUT2D eigenvalue weighted by molar-refractivity contribution is 7.92. The number of methoxy groups -OCH3 is 2. The molecule has 0 saturated heterocycles. The molecule has 0 bridgehead atoms. The Kier molecular flexibility index (Phi) is 6.76. The number of halogens is 1. The molecule has 3 heterocycles. The van der Waals surface area contributed by atoms with Gasteiger partial charge in [0, 0.05) is 12.1 Å². The molecule has 1 amide bonds. The molecule has 0 spiro atoms. The summed E-state index contributed by atoms with van der Waals surface area (Å²) in [6.07, 6.45) is 2.29. The van der Waals surface area contributed by atoms with E-state index in [1.54, 1.807) is 41.2 Å². The number of amides is 1. The lowest BCUT2D eigenvalue weighted by Gasteiger charge is -2.14. The number of carbonyl (C=O) groups excluding carboxylic acids is 1. The fraction of sp³-hybridized carbons (Fsp3) is 0.269. The minimum absolute atomic E-state index is 0.0208. The number of benzene rings is 2. The Hall–Kier alpha value is -4.39. The van der Waals surface area contributed by atoms with Gasteiger partial charge >= 0.3 is 0 Å².